The Labute approximate surface area is 130 Å². The number of halogens is 2. The summed E-state index contributed by atoms with van der Waals surface area (Å²) < 4.78 is 1.67. The van der Waals surface area contributed by atoms with Crippen molar-refractivity contribution in [3.05, 3.63) is 45.8 Å². The van der Waals surface area contributed by atoms with Gasteiger partial charge in [0.2, 0.25) is 0 Å². The van der Waals surface area contributed by atoms with Gasteiger partial charge in [-0.25, -0.2) is 0 Å². The molecule has 2 heterocycles. The average molecular weight is 324 g/mol. The van der Waals surface area contributed by atoms with Gasteiger partial charge >= 0.3 is 0 Å². The van der Waals surface area contributed by atoms with Gasteiger partial charge in [-0.2, -0.15) is 5.10 Å². The van der Waals surface area contributed by atoms with Gasteiger partial charge in [-0.1, -0.05) is 35.3 Å². The van der Waals surface area contributed by atoms with E-state index >= 15 is 0 Å². The Balaban J connectivity index is 2.24. The number of benzene rings is 1. The molecule has 0 bridgehead atoms. The van der Waals surface area contributed by atoms with Crippen molar-refractivity contribution in [1.29, 1.82) is 0 Å². The topological polar surface area (TPSA) is 43.8 Å². The lowest BCUT2D eigenvalue weighted by Crippen LogP contribution is -1.97. The smallest absolute Gasteiger partial charge is 0.130 e. The van der Waals surface area contributed by atoms with E-state index in [1.807, 2.05) is 36.7 Å². The summed E-state index contributed by atoms with van der Waals surface area (Å²) in [7, 11) is 1.83. The molecular formula is C14H11Cl2N3S. The van der Waals surface area contributed by atoms with E-state index in [-0.39, 0.29) is 0 Å². The van der Waals surface area contributed by atoms with Crippen LogP contribution in [0.4, 0.5) is 5.82 Å². The minimum atomic E-state index is 0.505. The first-order chi connectivity index (χ1) is 9.58. The molecule has 20 heavy (non-hydrogen) atoms. The lowest BCUT2D eigenvalue weighted by molar-refractivity contribution is 0.782. The Morgan fingerprint density at radius 2 is 2.00 bits per heavy atom. The molecule has 0 unspecified atom stereocenters. The highest BCUT2D eigenvalue weighted by Crippen LogP contribution is 2.39. The van der Waals surface area contributed by atoms with Gasteiger partial charge in [-0.05, 0) is 23.6 Å². The van der Waals surface area contributed by atoms with Gasteiger partial charge in [0, 0.05) is 17.5 Å². The molecule has 0 spiro atoms. The van der Waals surface area contributed by atoms with Crippen molar-refractivity contribution in [2.45, 2.75) is 0 Å². The molecule has 0 atom stereocenters. The lowest BCUT2D eigenvalue weighted by Gasteiger charge is -2.03. The van der Waals surface area contributed by atoms with Crippen LogP contribution in [0, 0.1) is 0 Å². The molecule has 0 amide bonds. The molecule has 0 aliphatic rings. The summed E-state index contributed by atoms with van der Waals surface area (Å²) in [5.41, 5.74) is 8.79. The largest absolute Gasteiger partial charge is 0.383 e. The van der Waals surface area contributed by atoms with Crippen LogP contribution >= 0.6 is 34.5 Å². The zero-order valence-electron chi connectivity index (χ0n) is 10.6. The van der Waals surface area contributed by atoms with E-state index in [0.29, 0.717) is 15.9 Å². The minimum Gasteiger partial charge on any atom is -0.383 e. The number of anilines is 1. The van der Waals surface area contributed by atoms with Crippen molar-refractivity contribution in [3.63, 3.8) is 0 Å². The second kappa shape index (κ2) is 5.13. The van der Waals surface area contributed by atoms with Gasteiger partial charge in [0.1, 0.15) is 11.5 Å². The number of thiophene rings is 1. The molecule has 3 rings (SSSR count). The van der Waals surface area contributed by atoms with Crippen molar-refractivity contribution in [1.82, 2.24) is 9.78 Å². The van der Waals surface area contributed by atoms with Crippen molar-refractivity contribution in [2.24, 2.45) is 7.05 Å². The van der Waals surface area contributed by atoms with Crippen LogP contribution in [0.25, 0.3) is 21.7 Å². The summed E-state index contributed by atoms with van der Waals surface area (Å²) >= 11 is 13.7. The highest BCUT2D eigenvalue weighted by Gasteiger charge is 2.18. The van der Waals surface area contributed by atoms with E-state index in [9.17, 15) is 0 Å². The van der Waals surface area contributed by atoms with Gasteiger partial charge < -0.3 is 5.73 Å². The van der Waals surface area contributed by atoms with Crippen molar-refractivity contribution < 1.29 is 0 Å². The van der Waals surface area contributed by atoms with Gasteiger partial charge in [-0.15, -0.1) is 11.3 Å². The summed E-state index contributed by atoms with van der Waals surface area (Å²) in [6.45, 7) is 0. The second-order valence-corrected chi connectivity index (χ2v) is 6.10. The molecular weight excluding hydrogens is 313 g/mol. The molecule has 2 aromatic heterocycles. The molecule has 6 heteroatoms. The molecule has 3 nitrogen and oxygen atoms in total. The van der Waals surface area contributed by atoms with Crippen LogP contribution in [0.2, 0.25) is 10.0 Å². The first-order valence-corrected chi connectivity index (χ1v) is 7.53. The van der Waals surface area contributed by atoms with Crippen LogP contribution < -0.4 is 5.73 Å². The molecule has 1 aromatic carbocycles. The maximum Gasteiger partial charge on any atom is 0.130 e. The van der Waals surface area contributed by atoms with Crippen LogP contribution in [0.5, 0.6) is 0 Å². The first kappa shape index (κ1) is 13.5. The van der Waals surface area contributed by atoms with E-state index in [1.54, 1.807) is 22.1 Å². The summed E-state index contributed by atoms with van der Waals surface area (Å²) in [5, 5.41) is 7.55. The monoisotopic (exact) mass is 323 g/mol. The maximum atomic E-state index is 6.15. The fourth-order valence-electron chi connectivity index (χ4n) is 2.05. The number of nitrogens with two attached hydrogens (primary N) is 1. The number of nitrogens with zero attached hydrogens (tertiary/aromatic N) is 2. The van der Waals surface area contributed by atoms with Crippen molar-refractivity contribution >= 4 is 40.4 Å². The zero-order chi connectivity index (χ0) is 14.3. The highest BCUT2D eigenvalue weighted by atomic mass is 35.5. The minimum absolute atomic E-state index is 0.505. The number of hydrogen-bond acceptors (Lipinski definition) is 3. The molecule has 0 radical (unpaired) electrons. The fraction of sp³-hybridized carbons (Fsp3) is 0.0714. The molecule has 102 valence electrons. The molecule has 2 N–H and O–H groups in total. The Hall–Kier alpha value is -1.49. The number of rotatable bonds is 2. The molecule has 3 aromatic rings. The average Bonchev–Trinajstić information content (AvgIpc) is 3.03. The molecule has 0 saturated heterocycles. The molecule has 0 aliphatic heterocycles. The van der Waals surface area contributed by atoms with Crippen LogP contribution in [0.1, 0.15) is 0 Å². The molecule has 0 saturated carbocycles. The Morgan fingerprint density at radius 3 is 2.65 bits per heavy atom. The number of aryl methyl sites for hydroxylation is 1. The summed E-state index contributed by atoms with van der Waals surface area (Å²) in [6.07, 6.45) is 0. The predicted molar refractivity (Wildman–Crippen MR) is 86.4 cm³/mol. The maximum absolute atomic E-state index is 6.15. The second-order valence-electron chi connectivity index (χ2n) is 4.34. The third kappa shape index (κ3) is 2.20. The van der Waals surface area contributed by atoms with Gasteiger partial charge in [0.15, 0.2) is 0 Å². The SMILES string of the molecule is Cn1nc(-c2ccc(Cl)c(Cl)c2)c(-c2cccs2)c1N. The Morgan fingerprint density at radius 1 is 1.20 bits per heavy atom. The quantitative estimate of drug-likeness (QED) is 0.742. The Bertz CT molecular complexity index is 763. The van der Waals surface area contributed by atoms with E-state index in [0.717, 1.165) is 21.7 Å². The first-order valence-electron chi connectivity index (χ1n) is 5.89. The van der Waals surface area contributed by atoms with E-state index in [2.05, 4.69) is 5.10 Å². The fourth-order valence-corrected chi connectivity index (χ4v) is 3.12. The number of hydrogen-bond donors (Lipinski definition) is 1. The van der Waals surface area contributed by atoms with E-state index in [4.69, 9.17) is 28.9 Å². The van der Waals surface area contributed by atoms with Crippen LogP contribution in [0.15, 0.2) is 35.7 Å². The number of nitrogen functional groups attached to an aromatic ring is 1. The van der Waals surface area contributed by atoms with E-state index < -0.39 is 0 Å². The van der Waals surface area contributed by atoms with Crippen molar-refractivity contribution in [3.8, 4) is 21.7 Å². The predicted octanol–water partition coefficient (Wildman–Crippen LogP) is 4.70. The molecule has 0 fully saturated rings. The summed E-state index contributed by atoms with van der Waals surface area (Å²) in [6, 6.07) is 9.49. The third-order valence-corrected chi connectivity index (χ3v) is 4.68. The lowest BCUT2D eigenvalue weighted by atomic mass is 10.1. The van der Waals surface area contributed by atoms with Crippen LogP contribution in [-0.2, 0) is 7.05 Å². The molecule has 0 aliphatic carbocycles. The van der Waals surface area contributed by atoms with Gasteiger partial charge in [0.05, 0.1) is 15.6 Å². The summed E-state index contributed by atoms with van der Waals surface area (Å²) in [4.78, 5) is 1.08. The van der Waals surface area contributed by atoms with Gasteiger partial charge in [-0.3, -0.25) is 4.68 Å². The standard InChI is InChI=1S/C14H11Cl2N3S/c1-19-14(17)12(11-3-2-6-20-11)13(18-19)8-4-5-9(15)10(16)7-8/h2-7H,17H2,1H3. The zero-order valence-corrected chi connectivity index (χ0v) is 12.9. The normalized spacial score (nSPS) is 10.9. The summed E-state index contributed by atoms with van der Waals surface area (Å²) in [5.74, 6) is 0.633. The van der Waals surface area contributed by atoms with Crippen LogP contribution in [0.3, 0.4) is 0 Å². The third-order valence-electron chi connectivity index (χ3n) is 3.05. The number of aromatic nitrogens is 2. The van der Waals surface area contributed by atoms with Crippen LogP contribution in [-0.4, -0.2) is 9.78 Å². The highest BCUT2D eigenvalue weighted by molar-refractivity contribution is 7.13. The van der Waals surface area contributed by atoms with Gasteiger partial charge in [0.25, 0.3) is 0 Å². The van der Waals surface area contributed by atoms with Crippen molar-refractivity contribution in [2.75, 3.05) is 5.73 Å². The Kier molecular flexibility index (Phi) is 3.46. The van der Waals surface area contributed by atoms with E-state index in [1.165, 1.54) is 0 Å².